The number of allylic oxidation sites excluding steroid dienone is 2. The van der Waals surface area contributed by atoms with E-state index in [1.807, 2.05) is 0 Å². The molecule has 0 spiro atoms. The van der Waals surface area contributed by atoms with E-state index in [-0.39, 0.29) is 5.50 Å². The third-order valence-corrected chi connectivity index (χ3v) is 8.44. The summed E-state index contributed by atoms with van der Waals surface area (Å²) >= 11 is 1.55. The van der Waals surface area contributed by atoms with Crippen LogP contribution in [-0.4, -0.2) is 52.8 Å². The van der Waals surface area contributed by atoms with Crippen LogP contribution < -0.4 is 16.2 Å². The van der Waals surface area contributed by atoms with Crippen molar-refractivity contribution in [2.45, 2.75) is 28.3 Å². The van der Waals surface area contributed by atoms with Gasteiger partial charge in [-0.3, -0.25) is 5.32 Å². The van der Waals surface area contributed by atoms with Crippen LogP contribution >= 0.6 is 11.8 Å². The highest BCUT2D eigenvalue weighted by Gasteiger charge is 2.51. The van der Waals surface area contributed by atoms with Gasteiger partial charge in [0, 0.05) is 11.8 Å². The van der Waals surface area contributed by atoms with Gasteiger partial charge in [0.2, 0.25) is 0 Å². The van der Waals surface area contributed by atoms with E-state index in [4.69, 9.17) is 0 Å². The molecule has 7 atom stereocenters. The Morgan fingerprint density at radius 1 is 1.20 bits per heavy atom. The fourth-order valence-electron chi connectivity index (χ4n) is 3.80. The maximum absolute atomic E-state index is 13.0. The van der Waals surface area contributed by atoms with E-state index < -0.39 is 44.5 Å². The first-order valence-corrected chi connectivity index (χ1v) is 10.8. The van der Waals surface area contributed by atoms with Gasteiger partial charge in [0.05, 0.1) is 22.5 Å². The molecule has 2 saturated heterocycles. The van der Waals surface area contributed by atoms with Gasteiger partial charge in [-0.25, -0.2) is 19.3 Å². The van der Waals surface area contributed by atoms with E-state index in [0.29, 0.717) is 11.4 Å². The van der Waals surface area contributed by atoms with Crippen molar-refractivity contribution in [3.05, 3.63) is 48.1 Å². The molecule has 2 fully saturated rings. The first-order chi connectivity index (χ1) is 12.0. The molecule has 2 aliphatic carbocycles. The van der Waals surface area contributed by atoms with Gasteiger partial charge in [0.1, 0.15) is 11.7 Å². The molecule has 2 aliphatic heterocycles. The number of fused-ring (bicyclic) bond motifs is 2. The Bertz CT molecular complexity index is 755. The molecule has 0 bridgehead atoms. The molecule has 0 radical (unpaired) electrons. The molecule has 2 heterocycles. The fraction of sp³-hybridized carbons (Fsp3) is 0.500. The summed E-state index contributed by atoms with van der Waals surface area (Å²) in [7, 11) is -3.51. The van der Waals surface area contributed by atoms with E-state index in [0.717, 1.165) is 0 Å². The van der Waals surface area contributed by atoms with Crippen LogP contribution in [0.25, 0.3) is 0 Å². The lowest BCUT2D eigenvalue weighted by Crippen LogP contribution is -2.54. The van der Waals surface area contributed by atoms with Crippen molar-refractivity contribution >= 4 is 21.6 Å². The monoisotopic (exact) mass is 383 g/mol. The fourth-order valence-corrected chi connectivity index (χ4v) is 6.93. The molecule has 25 heavy (non-hydrogen) atoms. The lowest BCUT2D eigenvalue weighted by molar-refractivity contribution is 0.0826. The molecule has 0 aromatic rings. The van der Waals surface area contributed by atoms with Crippen LogP contribution in [0.4, 0.5) is 0 Å². The summed E-state index contributed by atoms with van der Waals surface area (Å²) in [4.78, 5) is 0. The third-order valence-electron chi connectivity index (χ3n) is 5.10. The Labute approximate surface area is 150 Å². The molecule has 0 aromatic carbocycles. The van der Waals surface area contributed by atoms with Gasteiger partial charge in [0.25, 0.3) is 0 Å². The predicted octanol–water partition coefficient (Wildman–Crippen LogP) is -0.642. The molecule has 0 aromatic heterocycles. The first-order valence-electron chi connectivity index (χ1n) is 8.18. The van der Waals surface area contributed by atoms with Crippen molar-refractivity contribution in [3.63, 3.8) is 0 Å². The summed E-state index contributed by atoms with van der Waals surface area (Å²) in [5.74, 6) is -0.212. The minimum Gasteiger partial charge on any atom is -0.392 e. The molecule has 0 saturated carbocycles. The summed E-state index contributed by atoms with van der Waals surface area (Å²) in [6.45, 7) is 0. The molecule has 7 nitrogen and oxygen atoms in total. The number of aliphatic hydroxyl groups is 2. The Hall–Kier alpha value is -0.940. The van der Waals surface area contributed by atoms with Crippen LogP contribution in [0.15, 0.2) is 48.1 Å². The molecule has 7 unspecified atom stereocenters. The Balaban J connectivity index is 1.60. The minimum absolute atomic E-state index is 0.161. The summed E-state index contributed by atoms with van der Waals surface area (Å²) in [5, 5.41) is 22.5. The van der Waals surface area contributed by atoms with Crippen molar-refractivity contribution in [2.24, 2.45) is 11.8 Å². The largest absolute Gasteiger partial charge is 0.392 e. The number of sulfone groups is 1. The molecule has 4 rings (SSSR count). The summed E-state index contributed by atoms with van der Waals surface area (Å²) in [6, 6.07) is 0. The van der Waals surface area contributed by atoms with Crippen LogP contribution in [0.3, 0.4) is 0 Å². The van der Waals surface area contributed by atoms with Gasteiger partial charge >= 0.3 is 0 Å². The Morgan fingerprint density at radius 2 is 1.96 bits per heavy atom. The van der Waals surface area contributed by atoms with E-state index in [1.54, 1.807) is 54.3 Å². The van der Waals surface area contributed by atoms with E-state index in [2.05, 4.69) is 16.2 Å². The van der Waals surface area contributed by atoms with Crippen molar-refractivity contribution < 1.29 is 18.6 Å². The van der Waals surface area contributed by atoms with Gasteiger partial charge in [-0.1, -0.05) is 42.5 Å². The zero-order valence-electron chi connectivity index (χ0n) is 13.3. The summed E-state index contributed by atoms with van der Waals surface area (Å²) < 4.78 is 26.1. The van der Waals surface area contributed by atoms with Gasteiger partial charge in [-0.05, 0) is 5.57 Å². The lowest BCUT2D eigenvalue weighted by Gasteiger charge is -2.43. The minimum atomic E-state index is -3.51. The normalized spacial score (nSPS) is 42.6. The van der Waals surface area contributed by atoms with Crippen LogP contribution in [0, 0.1) is 11.8 Å². The lowest BCUT2D eigenvalue weighted by atomic mass is 9.81. The van der Waals surface area contributed by atoms with E-state index in [1.165, 1.54) is 0 Å². The van der Waals surface area contributed by atoms with Crippen LogP contribution in [-0.2, 0) is 9.84 Å². The third kappa shape index (κ3) is 3.03. The summed E-state index contributed by atoms with van der Waals surface area (Å²) in [5.41, 5.74) is 6.23. The number of aliphatic hydroxyl groups excluding tert-OH is 2. The number of hydrazine groups is 1. The quantitative estimate of drug-likeness (QED) is 0.409. The highest BCUT2D eigenvalue weighted by molar-refractivity contribution is 8.00. The average molecular weight is 383 g/mol. The second kappa shape index (κ2) is 6.66. The van der Waals surface area contributed by atoms with Crippen molar-refractivity contribution in [2.75, 3.05) is 5.88 Å². The standard InChI is InChI=1S/C16H21N3O4S2/c20-14-10-3-1-2-4-12(10)25(22,23)13-7-9(5-6-11(13)14)15(21)18-16-19-17-8-24-16/h1-7,10-21H,8H2. The molecule has 4 aliphatic rings. The predicted molar refractivity (Wildman–Crippen MR) is 96.6 cm³/mol. The zero-order valence-corrected chi connectivity index (χ0v) is 15.0. The zero-order chi connectivity index (χ0) is 17.6. The average Bonchev–Trinajstić information content (AvgIpc) is 3.12. The molecular formula is C16H21N3O4S2. The van der Waals surface area contributed by atoms with E-state index >= 15 is 0 Å². The highest BCUT2D eigenvalue weighted by atomic mass is 32.2. The number of thioether (sulfide) groups is 1. The Morgan fingerprint density at radius 3 is 2.72 bits per heavy atom. The SMILES string of the molecule is O=S1(=O)C2C=CC=CC2C(O)C2C=CC(C(O)NC3NNCS3)=CC21. The highest BCUT2D eigenvalue weighted by Crippen LogP contribution is 2.41. The van der Waals surface area contributed by atoms with Crippen molar-refractivity contribution in [3.8, 4) is 0 Å². The van der Waals surface area contributed by atoms with Crippen molar-refractivity contribution in [1.29, 1.82) is 0 Å². The maximum atomic E-state index is 13.0. The van der Waals surface area contributed by atoms with Crippen LogP contribution in [0.1, 0.15) is 0 Å². The first kappa shape index (κ1) is 17.5. The summed E-state index contributed by atoms with van der Waals surface area (Å²) in [6.07, 6.45) is 10.1. The number of rotatable bonds is 3. The van der Waals surface area contributed by atoms with Crippen LogP contribution in [0.2, 0.25) is 0 Å². The van der Waals surface area contributed by atoms with Crippen LogP contribution in [0.5, 0.6) is 0 Å². The smallest absolute Gasteiger partial charge is 0.164 e. The second-order valence-electron chi connectivity index (χ2n) is 6.54. The number of nitrogens with one attached hydrogen (secondary N) is 3. The topological polar surface area (TPSA) is 111 Å². The van der Waals surface area contributed by atoms with Gasteiger partial charge in [-0.2, -0.15) is 0 Å². The Kier molecular flexibility index (Phi) is 4.65. The van der Waals surface area contributed by atoms with Crippen molar-refractivity contribution in [1.82, 2.24) is 16.2 Å². The van der Waals surface area contributed by atoms with E-state index in [9.17, 15) is 18.6 Å². The molecule has 5 N–H and O–H groups in total. The molecule has 0 amide bonds. The van der Waals surface area contributed by atoms with Gasteiger partial charge in [-0.15, -0.1) is 11.8 Å². The van der Waals surface area contributed by atoms with Gasteiger partial charge in [0.15, 0.2) is 9.84 Å². The molecular weight excluding hydrogens is 362 g/mol. The number of hydrogen-bond acceptors (Lipinski definition) is 8. The molecule has 9 heteroatoms. The molecule has 136 valence electrons. The maximum Gasteiger partial charge on any atom is 0.164 e. The van der Waals surface area contributed by atoms with Gasteiger partial charge < -0.3 is 10.2 Å². The second-order valence-corrected chi connectivity index (χ2v) is 9.90. The number of hydrogen-bond donors (Lipinski definition) is 5.